The first-order valence-corrected chi connectivity index (χ1v) is 16.8. The number of ether oxygens (including phenoxy) is 1. The molecule has 2 aliphatic rings. The van der Waals surface area contributed by atoms with Crippen LogP contribution in [-0.2, 0) is 27.2 Å². The van der Waals surface area contributed by atoms with E-state index in [1.165, 1.54) is 38.9 Å². The summed E-state index contributed by atoms with van der Waals surface area (Å²) >= 11 is 11.3. The minimum absolute atomic E-state index is 0.173. The molecule has 0 N–H and O–H groups in total. The molecule has 2 aromatic rings. The molecular weight excluding hydrogens is 593 g/mol. The Morgan fingerprint density at radius 1 is 0.705 bits per heavy atom. The zero-order chi connectivity index (χ0) is 33.9. The Morgan fingerprint density at radius 2 is 1.09 bits per heavy atom. The minimum atomic E-state index is 0.173. The summed E-state index contributed by atoms with van der Waals surface area (Å²) < 4.78 is 5.22. The zero-order valence-electron chi connectivity index (χ0n) is 29.3. The van der Waals surface area contributed by atoms with Crippen LogP contribution in [0.15, 0.2) is 48.5 Å². The zero-order valence-corrected chi connectivity index (χ0v) is 30.8. The van der Waals surface area contributed by atoms with Crippen LogP contribution in [0.2, 0.25) is 10.0 Å². The number of carbonyl (C=O) groups excluding carboxylic acids is 2. The molecule has 0 aliphatic carbocycles. The van der Waals surface area contributed by atoms with Crippen LogP contribution in [0.25, 0.3) is 0 Å². The third-order valence-corrected chi connectivity index (χ3v) is 7.10. The number of piperidine rings is 1. The van der Waals surface area contributed by atoms with Gasteiger partial charge in [-0.15, -0.1) is 0 Å². The van der Waals surface area contributed by atoms with Crippen LogP contribution in [0.3, 0.4) is 0 Å². The van der Waals surface area contributed by atoms with Crippen LogP contribution in [0.4, 0.5) is 0 Å². The number of likely N-dealkylation sites (tertiary alicyclic amines) is 1. The number of likely N-dealkylation sites (N-methyl/N-ethyl adjacent to an activating group) is 1. The summed E-state index contributed by atoms with van der Waals surface area (Å²) in [6.07, 6.45) is 4.86. The molecule has 2 aromatic carbocycles. The highest BCUT2D eigenvalue weighted by Crippen LogP contribution is 2.12. The molecule has 0 amide bonds. The second-order valence-electron chi connectivity index (χ2n) is 10.8. The van der Waals surface area contributed by atoms with Crippen LogP contribution >= 0.6 is 23.2 Å². The first-order valence-electron chi connectivity index (χ1n) is 16.0. The fourth-order valence-corrected chi connectivity index (χ4v) is 4.41. The van der Waals surface area contributed by atoms with E-state index < -0.39 is 0 Å². The Bertz CT molecular complexity index is 896. The Morgan fingerprint density at radius 3 is 1.45 bits per heavy atom. The number of hydrogen-bond acceptors (Lipinski definition) is 6. The molecule has 2 fully saturated rings. The molecule has 2 heterocycles. The van der Waals surface area contributed by atoms with E-state index in [1.54, 1.807) is 38.1 Å². The third-order valence-electron chi connectivity index (χ3n) is 6.60. The standard InChI is InChI=1S/2C9H9ClO.C8H18N2.C6H13NO.2C2H6/c2*1-7(11)6-8-2-4-9(10)5-3-8;1-9(2)8-4-6-10(3)7-5-8;1-7-3-2-5-8-6-4-7;2*1-2/h2*2-5H,6H2,1H3;8H,4-7H2,1-3H3;2-6H2,1H3;2*1-2H3. The number of Topliss-reactive ketones (excluding diaryl/α,β-unsaturated/α-hetero) is 2. The van der Waals surface area contributed by atoms with Crippen molar-refractivity contribution in [1.29, 1.82) is 0 Å². The van der Waals surface area contributed by atoms with Crippen molar-refractivity contribution < 1.29 is 14.3 Å². The monoisotopic (exact) mass is 653 g/mol. The highest BCUT2D eigenvalue weighted by Gasteiger charge is 2.17. The van der Waals surface area contributed by atoms with Crippen molar-refractivity contribution in [1.82, 2.24) is 14.7 Å². The highest BCUT2D eigenvalue weighted by atomic mass is 35.5. The second-order valence-corrected chi connectivity index (χ2v) is 11.7. The molecule has 0 bridgehead atoms. The maximum absolute atomic E-state index is 10.7. The maximum atomic E-state index is 10.7. The van der Waals surface area contributed by atoms with Gasteiger partial charge in [0.2, 0.25) is 0 Å². The molecule has 0 unspecified atom stereocenters. The van der Waals surface area contributed by atoms with Crippen LogP contribution in [-0.4, -0.2) is 99.9 Å². The van der Waals surface area contributed by atoms with E-state index in [0.717, 1.165) is 36.9 Å². The summed E-state index contributed by atoms with van der Waals surface area (Å²) in [6.45, 7) is 17.8. The Balaban J connectivity index is 0. The predicted molar refractivity (Wildman–Crippen MR) is 192 cm³/mol. The molecule has 2 aliphatic heterocycles. The van der Waals surface area contributed by atoms with Crippen molar-refractivity contribution in [2.45, 2.75) is 79.7 Å². The molecule has 2 saturated heterocycles. The molecule has 4 rings (SSSR count). The van der Waals surface area contributed by atoms with E-state index in [9.17, 15) is 9.59 Å². The van der Waals surface area contributed by atoms with Crippen molar-refractivity contribution in [2.75, 3.05) is 67.6 Å². The van der Waals surface area contributed by atoms with Crippen LogP contribution in [0.5, 0.6) is 0 Å². The number of ketones is 2. The van der Waals surface area contributed by atoms with Gasteiger partial charge in [0.05, 0.1) is 6.61 Å². The summed E-state index contributed by atoms with van der Waals surface area (Å²) in [5, 5.41) is 1.41. The second kappa shape index (κ2) is 28.7. The van der Waals surface area contributed by atoms with Crippen LogP contribution < -0.4 is 0 Å². The fourth-order valence-electron chi connectivity index (χ4n) is 4.16. The molecule has 44 heavy (non-hydrogen) atoms. The SMILES string of the molecule is CC.CC.CC(=O)Cc1ccc(Cl)cc1.CC(=O)Cc1ccc(Cl)cc1.CN1CCC(N(C)C)CC1.CN1CCCOCC1. The van der Waals surface area contributed by atoms with E-state index in [-0.39, 0.29) is 11.6 Å². The number of nitrogens with zero attached hydrogens (tertiary/aromatic N) is 3. The fraction of sp³-hybridized carbons (Fsp3) is 0.611. The van der Waals surface area contributed by atoms with Gasteiger partial charge in [-0.3, -0.25) is 9.59 Å². The molecular formula is C36H61Cl2N3O3. The Hall–Kier alpha value is -1.80. The lowest BCUT2D eigenvalue weighted by Gasteiger charge is -2.32. The van der Waals surface area contributed by atoms with Crippen molar-refractivity contribution in [3.8, 4) is 0 Å². The quantitative estimate of drug-likeness (QED) is 0.326. The maximum Gasteiger partial charge on any atom is 0.134 e. The van der Waals surface area contributed by atoms with Crippen LogP contribution in [0.1, 0.15) is 71.9 Å². The number of halogens is 2. The van der Waals surface area contributed by atoms with E-state index in [1.807, 2.05) is 52.0 Å². The third kappa shape index (κ3) is 25.5. The van der Waals surface area contributed by atoms with Gasteiger partial charge in [0.1, 0.15) is 11.6 Å². The molecule has 6 nitrogen and oxygen atoms in total. The van der Waals surface area contributed by atoms with Crippen molar-refractivity contribution in [3.63, 3.8) is 0 Å². The van der Waals surface area contributed by atoms with Crippen molar-refractivity contribution in [2.24, 2.45) is 0 Å². The van der Waals surface area contributed by atoms with Gasteiger partial charge < -0.3 is 19.4 Å². The minimum Gasteiger partial charge on any atom is -0.380 e. The molecule has 0 aromatic heterocycles. The normalized spacial score (nSPS) is 15.1. The number of rotatable bonds is 5. The lowest BCUT2D eigenvalue weighted by Crippen LogP contribution is -2.40. The van der Waals surface area contributed by atoms with Crippen molar-refractivity contribution >= 4 is 34.8 Å². The van der Waals surface area contributed by atoms with E-state index in [2.05, 4.69) is 42.9 Å². The molecule has 8 heteroatoms. The van der Waals surface area contributed by atoms with E-state index >= 15 is 0 Å². The average Bonchev–Trinajstić information content (AvgIpc) is 3.26. The summed E-state index contributed by atoms with van der Waals surface area (Å²) in [5.74, 6) is 0.347. The molecule has 0 saturated carbocycles. The van der Waals surface area contributed by atoms with E-state index in [0.29, 0.717) is 22.9 Å². The topological polar surface area (TPSA) is 53.1 Å². The van der Waals surface area contributed by atoms with E-state index in [4.69, 9.17) is 27.9 Å². The lowest BCUT2D eigenvalue weighted by molar-refractivity contribution is -0.117. The summed E-state index contributed by atoms with van der Waals surface area (Å²) in [7, 11) is 8.69. The first kappa shape index (κ1) is 44.3. The van der Waals surface area contributed by atoms with Gasteiger partial charge >= 0.3 is 0 Å². The van der Waals surface area contributed by atoms with Gasteiger partial charge in [-0.05, 0) is 110 Å². The Labute approximate surface area is 280 Å². The number of hydrogen-bond donors (Lipinski definition) is 0. The van der Waals surface area contributed by atoms with Gasteiger partial charge in [-0.1, -0.05) is 75.2 Å². The predicted octanol–water partition coefficient (Wildman–Crippen LogP) is 7.98. The number of carbonyl (C=O) groups is 2. The summed E-state index contributed by atoms with van der Waals surface area (Å²) in [6, 6.07) is 15.5. The van der Waals surface area contributed by atoms with Crippen molar-refractivity contribution in [3.05, 3.63) is 69.7 Å². The van der Waals surface area contributed by atoms with Gasteiger partial charge in [-0.25, -0.2) is 0 Å². The summed E-state index contributed by atoms with van der Waals surface area (Å²) in [5.41, 5.74) is 2.03. The molecule has 0 atom stereocenters. The largest absolute Gasteiger partial charge is 0.380 e. The van der Waals surface area contributed by atoms with Gasteiger partial charge in [0, 0.05) is 48.6 Å². The van der Waals surface area contributed by atoms with Crippen LogP contribution in [0, 0.1) is 0 Å². The summed E-state index contributed by atoms with van der Waals surface area (Å²) in [4.78, 5) is 28.4. The van der Waals surface area contributed by atoms with Gasteiger partial charge in [0.15, 0.2) is 0 Å². The first-order chi connectivity index (χ1) is 21.0. The number of benzene rings is 2. The molecule has 252 valence electrons. The average molecular weight is 655 g/mol. The Kier molecular flexibility index (Phi) is 28.9. The lowest BCUT2D eigenvalue weighted by atomic mass is 10.1. The molecule has 0 spiro atoms. The molecule has 0 radical (unpaired) electrons. The smallest absolute Gasteiger partial charge is 0.134 e. The van der Waals surface area contributed by atoms with Gasteiger partial charge in [-0.2, -0.15) is 0 Å². The van der Waals surface area contributed by atoms with Gasteiger partial charge in [0.25, 0.3) is 0 Å². The highest BCUT2D eigenvalue weighted by molar-refractivity contribution is 6.30.